The van der Waals surface area contributed by atoms with Crippen molar-refractivity contribution < 1.29 is 22.7 Å². The minimum absolute atomic E-state index is 0.0175. The van der Waals surface area contributed by atoms with Gasteiger partial charge >= 0.3 is 0 Å². The van der Waals surface area contributed by atoms with Crippen LogP contribution in [-0.4, -0.2) is 43.8 Å². The first kappa shape index (κ1) is 36.7. The first-order valence-electron chi connectivity index (χ1n) is 17.5. The van der Waals surface area contributed by atoms with Crippen molar-refractivity contribution >= 4 is 39.1 Å². The molecule has 0 unspecified atom stereocenters. The van der Waals surface area contributed by atoms with Crippen molar-refractivity contribution in [2.45, 2.75) is 62.6 Å². The Morgan fingerprint density at radius 2 is 1.40 bits per heavy atom. The number of hydrogen-bond donors (Lipinski definition) is 1. The molecule has 0 aliphatic heterocycles. The highest BCUT2D eigenvalue weighted by Crippen LogP contribution is 2.29. The van der Waals surface area contributed by atoms with Crippen molar-refractivity contribution in [3.8, 4) is 11.5 Å². The quantitative estimate of drug-likeness (QED) is 0.124. The van der Waals surface area contributed by atoms with E-state index in [1.165, 1.54) is 17.0 Å². The van der Waals surface area contributed by atoms with E-state index in [0.717, 1.165) is 41.1 Å². The molecule has 0 saturated heterocycles. The fourth-order valence-corrected chi connectivity index (χ4v) is 8.05. The molecule has 10 heteroatoms. The van der Waals surface area contributed by atoms with E-state index in [1.807, 2.05) is 73.7 Å². The van der Waals surface area contributed by atoms with Crippen LogP contribution in [0, 0.1) is 6.92 Å². The molecule has 5 aromatic rings. The van der Waals surface area contributed by atoms with Crippen LogP contribution in [0.3, 0.4) is 0 Å². The van der Waals surface area contributed by atoms with E-state index in [1.54, 1.807) is 54.6 Å². The predicted molar refractivity (Wildman–Crippen MR) is 205 cm³/mol. The summed E-state index contributed by atoms with van der Waals surface area (Å²) in [6.45, 7) is 1.36. The molecule has 0 aromatic heterocycles. The summed E-state index contributed by atoms with van der Waals surface area (Å²) in [4.78, 5) is 30.6. The van der Waals surface area contributed by atoms with Crippen LogP contribution >= 0.6 is 11.6 Å². The highest BCUT2D eigenvalue weighted by Gasteiger charge is 2.35. The van der Waals surface area contributed by atoms with Crippen LogP contribution in [0.4, 0.5) is 5.69 Å². The Morgan fingerprint density at radius 3 is 2.06 bits per heavy atom. The van der Waals surface area contributed by atoms with Gasteiger partial charge in [-0.3, -0.25) is 13.9 Å². The van der Waals surface area contributed by atoms with E-state index in [2.05, 4.69) is 5.32 Å². The average molecular weight is 736 g/mol. The van der Waals surface area contributed by atoms with E-state index in [4.69, 9.17) is 16.3 Å². The Morgan fingerprint density at radius 1 is 0.788 bits per heavy atom. The van der Waals surface area contributed by atoms with Crippen LogP contribution in [-0.2, 0) is 32.6 Å². The van der Waals surface area contributed by atoms with Gasteiger partial charge < -0.3 is 15.0 Å². The van der Waals surface area contributed by atoms with Crippen LogP contribution < -0.4 is 14.4 Å². The summed E-state index contributed by atoms with van der Waals surface area (Å²) < 4.78 is 35.9. The number of carbonyl (C=O) groups excluding carboxylic acids is 2. The first-order chi connectivity index (χ1) is 25.2. The minimum Gasteiger partial charge on any atom is -0.457 e. The molecule has 1 aliphatic rings. The molecule has 0 radical (unpaired) electrons. The molecule has 0 spiro atoms. The largest absolute Gasteiger partial charge is 0.457 e. The third-order valence-electron chi connectivity index (χ3n) is 9.21. The molecule has 1 saturated carbocycles. The van der Waals surface area contributed by atoms with Gasteiger partial charge in [0.25, 0.3) is 10.0 Å². The lowest BCUT2D eigenvalue weighted by molar-refractivity contribution is -0.140. The number of halogens is 1. The molecule has 1 aliphatic carbocycles. The molecular weight excluding hydrogens is 694 g/mol. The number of ether oxygens (including phenoxy) is 1. The van der Waals surface area contributed by atoms with Gasteiger partial charge in [-0.05, 0) is 91.6 Å². The third-order valence-corrected chi connectivity index (χ3v) is 11.2. The second kappa shape index (κ2) is 16.9. The second-order valence-corrected chi connectivity index (χ2v) is 15.4. The Balaban J connectivity index is 1.39. The van der Waals surface area contributed by atoms with Gasteiger partial charge in [-0.1, -0.05) is 103 Å². The number of rotatable bonds is 14. The first-order valence-corrected chi connectivity index (χ1v) is 19.3. The zero-order valence-electron chi connectivity index (χ0n) is 29.0. The summed E-state index contributed by atoms with van der Waals surface area (Å²) in [5.74, 6) is 0.318. The number of carbonyl (C=O) groups is 2. The zero-order valence-corrected chi connectivity index (χ0v) is 30.6. The van der Waals surface area contributed by atoms with E-state index in [9.17, 15) is 18.0 Å². The lowest BCUT2D eigenvalue weighted by Crippen LogP contribution is -2.54. The third kappa shape index (κ3) is 9.40. The average Bonchev–Trinajstić information content (AvgIpc) is 3.66. The molecule has 2 amide bonds. The van der Waals surface area contributed by atoms with E-state index in [-0.39, 0.29) is 35.5 Å². The highest BCUT2D eigenvalue weighted by atomic mass is 35.5. The molecule has 0 heterocycles. The molecule has 1 atom stereocenters. The van der Waals surface area contributed by atoms with Gasteiger partial charge in [0.05, 0.1) is 10.6 Å². The van der Waals surface area contributed by atoms with E-state index in [0.29, 0.717) is 22.1 Å². The highest BCUT2D eigenvalue weighted by molar-refractivity contribution is 7.92. The summed E-state index contributed by atoms with van der Waals surface area (Å²) in [5.41, 5.74) is 2.75. The second-order valence-electron chi connectivity index (χ2n) is 13.1. The summed E-state index contributed by atoms with van der Waals surface area (Å²) in [5, 5.41) is 3.69. The number of hydrogen-bond acceptors (Lipinski definition) is 5. The molecule has 6 rings (SSSR count). The predicted octanol–water partition coefficient (Wildman–Crippen LogP) is 8.33. The summed E-state index contributed by atoms with van der Waals surface area (Å²) in [7, 11) is -4.25. The van der Waals surface area contributed by atoms with Crippen molar-refractivity contribution in [1.82, 2.24) is 10.2 Å². The van der Waals surface area contributed by atoms with Gasteiger partial charge in [0.1, 0.15) is 24.1 Å². The van der Waals surface area contributed by atoms with Crippen LogP contribution in [0.1, 0.15) is 42.4 Å². The van der Waals surface area contributed by atoms with Crippen LogP contribution in [0.5, 0.6) is 11.5 Å². The van der Waals surface area contributed by atoms with Crippen LogP contribution in [0.2, 0.25) is 5.02 Å². The van der Waals surface area contributed by atoms with Gasteiger partial charge in [0.2, 0.25) is 11.8 Å². The normalized spacial score (nSPS) is 13.7. The lowest BCUT2D eigenvalue weighted by atomic mass is 10.0. The molecule has 0 bridgehead atoms. The van der Waals surface area contributed by atoms with Gasteiger partial charge in [-0.25, -0.2) is 8.42 Å². The van der Waals surface area contributed by atoms with Crippen molar-refractivity contribution in [1.29, 1.82) is 0 Å². The Kier molecular flexibility index (Phi) is 11.9. The van der Waals surface area contributed by atoms with Crippen molar-refractivity contribution in [3.05, 3.63) is 155 Å². The maximum Gasteiger partial charge on any atom is 0.264 e. The fourth-order valence-electron chi connectivity index (χ4n) is 6.42. The summed E-state index contributed by atoms with van der Waals surface area (Å²) in [6.07, 6.45) is 4.04. The maximum atomic E-state index is 14.8. The Hall–Kier alpha value is -5.12. The van der Waals surface area contributed by atoms with Gasteiger partial charge in [-0.2, -0.15) is 0 Å². The fraction of sp³-hybridized carbons (Fsp3) is 0.238. The Labute approximate surface area is 311 Å². The Bertz CT molecular complexity index is 2060. The van der Waals surface area contributed by atoms with Crippen molar-refractivity contribution in [2.75, 3.05) is 10.8 Å². The smallest absolute Gasteiger partial charge is 0.264 e. The summed E-state index contributed by atoms with van der Waals surface area (Å²) >= 11 is 6.38. The van der Waals surface area contributed by atoms with Gasteiger partial charge in [0.15, 0.2) is 0 Å². The standard InChI is InChI=1S/C42H42ClN3O5S/c1-31-19-25-39(26-20-31)52(49,50)46(36-21-23-38(24-22-36)51-37-17-6-3-7-18-37)30-41(47)45(29-33-13-10-14-34(43)27-33)40(28-32-11-4-2-5-12-32)42(48)44-35-15-8-9-16-35/h2-7,10-14,17-27,35,40H,8-9,15-16,28-30H2,1H3,(H,44,48)/t40-/m1/s1. The lowest BCUT2D eigenvalue weighted by Gasteiger charge is -2.34. The molecule has 1 N–H and O–H groups in total. The number of para-hydroxylation sites is 1. The zero-order chi connectivity index (χ0) is 36.5. The SMILES string of the molecule is Cc1ccc(S(=O)(=O)N(CC(=O)N(Cc2cccc(Cl)c2)[C@H](Cc2ccccc2)C(=O)NC2CCCC2)c2ccc(Oc3ccccc3)cc2)cc1. The van der Waals surface area contributed by atoms with Crippen LogP contribution in [0.15, 0.2) is 138 Å². The van der Waals surface area contributed by atoms with Crippen molar-refractivity contribution in [2.24, 2.45) is 0 Å². The number of nitrogens with zero attached hydrogens (tertiary/aromatic N) is 2. The molecule has 52 heavy (non-hydrogen) atoms. The number of amides is 2. The van der Waals surface area contributed by atoms with Gasteiger partial charge in [-0.15, -0.1) is 0 Å². The number of nitrogens with one attached hydrogen (secondary N) is 1. The summed E-state index contributed by atoms with van der Waals surface area (Å²) in [6, 6.07) is 38.1. The number of sulfonamides is 1. The molecule has 268 valence electrons. The van der Waals surface area contributed by atoms with Crippen LogP contribution in [0.25, 0.3) is 0 Å². The van der Waals surface area contributed by atoms with E-state index < -0.39 is 28.5 Å². The van der Waals surface area contributed by atoms with E-state index >= 15 is 0 Å². The maximum absolute atomic E-state index is 14.8. The topological polar surface area (TPSA) is 96.0 Å². The molecular formula is C42H42ClN3O5S. The molecule has 8 nitrogen and oxygen atoms in total. The molecule has 5 aromatic carbocycles. The number of benzene rings is 5. The van der Waals surface area contributed by atoms with Crippen molar-refractivity contribution in [3.63, 3.8) is 0 Å². The number of aryl methyl sites for hydroxylation is 1. The monoisotopic (exact) mass is 735 g/mol. The van der Waals surface area contributed by atoms with Gasteiger partial charge in [0, 0.05) is 24.0 Å². The molecule has 1 fully saturated rings. The minimum atomic E-state index is -4.25. The number of anilines is 1.